The fourth-order valence-electron chi connectivity index (χ4n) is 2.03. The highest BCUT2D eigenvalue weighted by atomic mass is 16.1. The Hall–Kier alpha value is -1.88. The van der Waals surface area contributed by atoms with Crippen molar-refractivity contribution in [1.29, 1.82) is 0 Å². The Bertz CT molecular complexity index is 642. The Morgan fingerprint density at radius 1 is 0.944 bits per heavy atom. The summed E-state index contributed by atoms with van der Waals surface area (Å²) in [6.07, 6.45) is 4.06. The summed E-state index contributed by atoms with van der Waals surface area (Å²) in [5, 5.41) is 5.54. The van der Waals surface area contributed by atoms with Crippen LogP contribution in [0, 0.1) is 0 Å². The topological polar surface area (TPSA) is 91.7 Å². The van der Waals surface area contributed by atoms with Gasteiger partial charge in [-0.25, -0.2) is 0 Å². The molecule has 5 nitrogen and oxygen atoms in total. The molecule has 2 rings (SSSR count). The lowest BCUT2D eigenvalue weighted by Crippen LogP contribution is -2.18. The minimum absolute atomic E-state index is 0.256. The molecule has 0 atom stereocenters. The van der Waals surface area contributed by atoms with E-state index >= 15 is 0 Å². The van der Waals surface area contributed by atoms with Crippen molar-refractivity contribution in [3.8, 4) is 0 Å². The molecule has 0 aliphatic carbocycles. The van der Waals surface area contributed by atoms with Crippen LogP contribution in [0.3, 0.4) is 0 Å². The summed E-state index contributed by atoms with van der Waals surface area (Å²) in [7, 11) is 0. The fraction of sp³-hybridized carbons (Fsp3) is 0.385. The first-order chi connectivity index (χ1) is 8.72. The standard InChI is InChI=1S/C13H17N3O2/c14-7-3-1-2-4-9-5-6-10-11(8-9)13(18)16-15-12(10)17/h5-6,8H,1-4,7,14H2,(H,15,17)(H,16,18). The van der Waals surface area contributed by atoms with Crippen LogP contribution in [-0.2, 0) is 6.42 Å². The third-order valence-corrected chi connectivity index (χ3v) is 3.03. The van der Waals surface area contributed by atoms with Gasteiger partial charge >= 0.3 is 0 Å². The molecule has 18 heavy (non-hydrogen) atoms. The first-order valence-corrected chi connectivity index (χ1v) is 6.16. The molecule has 5 heteroatoms. The van der Waals surface area contributed by atoms with Crippen LogP contribution in [0.15, 0.2) is 27.8 Å². The minimum atomic E-state index is -0.265. The van der Waals surface area contributed by atoms with Gasteiger partial charge in [0.1, 0.15) is 0 Å². The zero-order valence-corrected chi connectivity index (χ0v) is 10.2. The molecule has 2 aromatic rings. The maximum Gasteiger partial charge on any atom is 0.270 e. The smallest absolute Gasteiger partial charge is 0.270 e. The number of nitrogens with two attached hydrogens (primary N) is 1. The van der Waals surface area contributed by atoms with Gasteiger partial charge in [-0.1, -0.05) is 12.5 Å². The van der Waals surface area contributed by atoms with E-state index in [1.807, 2.05) is 6.07 Å². The van der Waals surface area contributed by atoms with Gasteiger partial charge in [-0.2, -0.15) is 0 Å². The maximum atomic E-state index is 11.6. The van der Waals surface area contributed by atoms with Gasteiger partial charge in [0.15, 0.2) is 0 Å². The first-order valence-electron chi connectivity index (χ1n) is 6.16. The van der Waals surface area contributed by atoms with Gasteiger partial charge in [-0.05, 0) is 43.5 Å². The second-order valence-corrected chi connectivity index (χ2v) is 4.39. The number of fused-ring (bicyclic) bond motifs is 1. The van der Waals surface area contributed by atoms with E-state index in [9.17, 15) is 9.59 Å². The number of hydrogen-bond donors (Lipinski definition) is 3. The van der Waals surface area contributed by atoms with Gasteiger partial charge in [0.2, 0.25) is 0 Å². The van der Waals surface area contributed by atoms with Gasteiger partial charge in [0.05, 0.1) is 10.8 Å². The number of H-pyrrole nitrogens is 2. The highest BCUT2D eigenvalue weighted by Crippen LogP contribution is 2.11. The molecule has 0 spiro atoms. The average Bonchev–Trinajstić information content (AvgIpc) is 2.39. The van der Waals surface area contributed by atoms with E-state index in [0.717, 1.165) is 31.2 Å². The molecule has 1 aromatic heterocycles. The molecule has 96 valence electrons. The van der Waals surface area contributed by atoms with Crippen molar-refractivity contribution in [2.75, 3.05) is 6.54 Å². The molecule has 0 amide bonds. The third-order valence-electron chi connectivity index (χ3n) is 3.03. The van der Waals surface area contributed by atoms with Crippen LogP contribution in [0.4, 0.5) is 0 Å². The highest BCUT2D eigenvalue weighted by Gasteiger charge is 2.03. The van der Waals surface area contributed by atoms with Gasteiger partial charge in [0, 0.05) is 0 Å². The predicted octanol–water partition coefficient (Wildman–Crippen LogP) is 0.888. The van der Waals surface area contributed by atoms with Gasteiger partial charge in [-0.15, -0.1) is 0 Å². The van der Waals surface area contributed by atoms with Crippen LogP contribution in [0.2, 0.25) is 0 Å². The van der Waals surface area contributed by atoms with E-state index in [-0.39, 0.29) is 11.1 Å². The molecule has 0 fully saturated rings. The number of unbranched alkanes of at least 4 members (excludes halogenated alkanes) is 2. The van der Waals surface area contributed by atoms with Crippen LogP contribution in [0.25, 0.3) is 10.8 Å². The van der Waals surface area contributed by atoms with E-state index in [0.29, 0.717) is 17.3 Å². The lowest BCUT2D eigenvalue weighted by atomic mass is 10.0. The zero-order chi connectivity index (χ0) is 13.0. The Morgan fingerprint density at radius 3 is 2.39 bits per heavy atom. The first kappa shape index (κ1) is 12.6. The van der Waals surface area contributed by atoms with Gasteiger partial charge in [-0.3, -0.25) is 19.8 Å². The largest absolute Gasteiger partial charge is 0.330 e. The Morgan fingerprint density at radius 2 is 1.67 bits per heavy atom. The summed E-state index contributed by atoms with van der Waals surface area (Å²) in [6, 6.07) is 5.41. The molecule has 0 bridgehead atoms. The summed E-state index contributed by atoms with van der Waals surface area (Å²) in [4.78, 5) is 23.1. The van der Waals surface area contributed by atoms with Crippen molar-refractivity contribution < 1.29 is 0 Å². The van der Waals surface area contributed by atoms with Crippen molar-refractivity contribution in [2.45, 2.75) is 25.7 Å². The van der Waals surface area contributed by atoms with E-state index in [1.54, 1.807) is 12.1 Å². The Balaban J connectivity index is 2.25. The van der Waals surface area contributed by atoms with Crippen LogP contribution in [0.5, 0.6) is 0 Å². The van der Waals surface area contributed by atoms with Crippen LogP contribution < -0.4 is 16.9 Å². The number of hydrogen-bond acceptors (Lipinski definition) is 3. The molecule has 0 aliphatic heterocycles. The second-order valence-electron chi connectivity index (χ2n) is 4.39. The molecule has 0 aliphatic rings. The van der Waals surface area contributed by atoms with E-state index in [4.69, 9.17) is 5.73 Å². The average molecular weight is 247 g/mol. The van der Waals surface area contributed by atoms with Gasteiger partial charge in [0.25, 0.3) is 11.1 Å². The third kappa shape index (κ3) is 2.68. The predicted molar refractivity (Wildman–Crippen MR) is 71.8 cm³/mol. The molecule has 1 heterocycles. The summed E-state index contributed by atoms with van der Waals surface area (Å²) in [5.41, 5.74) is 5.99. The normalized spacial score (nSPS) is 10.9. The summed E-state index contributed by atoms with van der Waals surface area (Å²) < 4.78 is 0. The number of aromatic amines is 2. The lowest BCUT2D eigenvalue weighted by Gasteiger charge is -2.02. The molecule has 0 unspecified atom stereocenters. The SMILES string of the molecule is NCCCCCc1ccc2c(=O)[nH][nH]c(=O)c2c1. The monoisotopic (exact) mass is 247 g/mol. The van der Waals surface area contributed by atoms with E-state index < -0.39 is 0 Å². The Labute approximate surface area is 104 Å². The lowest BCUT2D eigenvalue weighted by molar-refractivity contribution is 0.687. The Kier molecular flexibility index (Phi) is 3.94. The molecule has 0 radical (unpaired) electrons. The van der Waals surface area contributed by atoms with Gasteiger partial charge < -0.3 is 5.73 Å². The molecule has 0 saturated heterocycles. The summed E-state index contributed by atoms with van der Waals surface area (Å²) in [6.45, 7) is 0.715. The second kappa shape index (κ2) is 5.64. The number of nitrogens with one attached hydrogen (secondary N) is 2. The molecular formula is C13H17N3O2. The van der Waals surface area contributed by atoms with E-state index in [2.05, 4.69) is 10.2 Å². The van der Waals surface area contributed by atoms with Crippen LogP contribution in [-0.4, -0.2) is 16.7 Å². The van der Waals surface area contributed by atoms with Crippen molar-refractivity contribution in [2.24, 2.45) is 5.73 Å². The highest BCUT2D eigenvalue weighted by molar-refractivity contribution is 5.80. The molecule has 1 aromatic carbocycles. The molecule has 4 N–H and O–H groups in total. The van der Waals surface area contributed by atoms with Crippen LogP contribution >= 0.6 is 0 Å². The zero-order valence-electron chi connectivity index (χ0n) is 10.2. The molecule has 0 saturated carbocycles. The van der Waals surface area contributed by atoms with Crippen molar-refractivity contribution in [3.63, 3.8) is 0 Å². The number of aromatic nitrogens is 2. The summed E-state index contributed by atoms with van der Waals surface area (Å²) in [5.74, 6) is 0. The van der Waals surface area contributed by atoms with E-state index in [1.165, 1.54) is 0 Å². The maximum absolute atomic E-state index is 11.6. The fourth-order valence-corrected chi connectivity index (χ4v) is 2.03. The van der Waals surface area contributed by atoms with Crippen LogP contribution in [0.1, 0.15) is 24.8 Å². The minimum Gasteiger partial charge on any atom is -0.330 e. The number of benzene rings is 1. The molecular weight excluding hydrogens is 230 g/mol. The van der Waals surface area contributed by atoms with Crippen molar-refractivity contribution in [1.82, 2.24) is 10.2 Å². The quantitative estimate of drug-likeness (QED) is 0.685. The summed E-state index contributed by atoms with van der Waals surface area (Å²) >= 11 is 0. The number of aryl methyl sites for hydroxylation is 1. The number of rotatable bonds is 5. The van der Waals surface area contributed by atoms with Crippen molar-refractivity contribution in [3.05, 3.63) is 44.5 Å². The van der Waals surface area contributed by atoms with Crippen molar-refractivity contribution >= 4 is 10.8 Å².